The van der Waals surface area contributed by atoms with Crippen molar-refractivity contribution < 1.29 is 4.42 Å². The summed E-state index contributed by atoms with van der Waals surface area (Å²) < 4.78 is 6.16. The molecule has 1 aliphatic carbocycles. The number of nitrogens with zero attached hydrogens (tertiary/aromatic N) is 2. The van der Waals surface area contributed by atoms with Crippen molar-refractivity contribution in [2.24, 2.45) is 0 Å². The smallest absolute Gasteiger partial charge is 0.227 e. The van der Waals surface area contributed by atoms with E-state index in [1.54, 1.807) is 0 Å². The number of anilines is 3. The third kappa shape index (κ3) is 3.94. The zero-order valence-corrected chi connectivity index (χ0v) is 25.2. The van der Waals surface area contributed by atoms with Gasteiger partial charge in [0, 0.05) is 39.4 Å². The zero-order valence-electron chi connectivity index (χ0n) is 25.2. The summed E-state index contributed by atoms with van der Waals surface area (Å²) in [6.07, 6.45) is 1.91. The summed E-state index contributed by atoms with van der Waals surface area (Å²) in [5.41, 5.74) is 12.5. The third-order valence-electron chi connectivity index (χ3n) is 9.52. The van der Waals surface area contributed by atoms with Gasteiger partial charge in [-0.25, -0.2) is 4.98 Å². The van der Waals surface area contributed by atoms with Crippen LogP contribution in [-0.4, -0.2) is 4.98 Å². The Morgan fingerprint density at radius 2 is 1.22 bits per heavy atom. The van der Waals surface area contributed by atoms with E-state index in [1.165, 1.54) is 33.4 Å². The van der Waals surface area contributed by atoms with Gasteiger partial charge in [-0.15, -0.1) is 0 Å². The van der Waals surface area contributed by atoms with Gasteiger partial charge in [0.1, 0.15) is 5.58 Å². The summed E-state index contributed by atoms with van der Waals surface area (Å²) in [6.45, 7) is 4.66. The second-order valence-electron chi connectivity index (χ2n) is 12.5. The Kier molecular flexibility index (Phi) is 5.54. The molecular weight excluding hydrogens is 548 g/mol. The Morgan fingerprint density at radius 3 is 2.09 bits per heavy atom. The van der Waals surface area contributed by atoms with Crippen LogP contribution >= 0.6 is 0 Å². The van der Waals surface area contributed by atoms with Gasteiger partial charge in [-0.2, -0.15) is 0 Å². The molecule has 0 fully saturated rings. The number of furan rings is 1. The normalized spacial score (nSPS) is 13.3. The molecule has 9 rings (SSSR count). The number of benzene rings is 6. The first kappa shape index (κ1) is 25.8. The van der Waals surface area contributed by atoms with Crippen LogP contribution in [0.3, 0.4) is 0 Å². The summed E-state index contributed by atoms with van der Waals surface area (Å²) in [4.78, 5) is 7.04. The van der Waals surface area contributed by atoms with Crippen LogP contribution < -0.4 is 4.90 Å². The molecule has 3 heteroatoms. The van der Waals surface area contributed by atoms with Gasteiger partial charge in [-0.3, -0.25) is 0 Å². The van der Waals surface area contributed by atoms with E-state index in [0.717, 1.165) is 44.2 Å². The number of aromatic nitrogens is 1. The first-order valence-electron chi connectivity index (χ1n) is 15.5. The Morgan fingerprint density at radius 1 is 0.556 bits per heavy atom. The van der Waals surface area contributed by atoms with Gasteiger partial charge in [-0.05, 0) is 81.2 Å². The molecule has 0 atom stereocenters. The van der Waals surface area contributed by atoms with E-state index in [0.29, 0.717) is 5.71 Å². The number of hydrogen-bond acceptors (Lipinski definition) is 3. The van der Waals surface area contributed by atoms with Gasteiger partial charge in [0.05, 0.1) is 5.39 Å². The van der Waals surface area contributed by atoms with Crippen LogP contribution in [0.25, 0.3) is 55.1 Å². The van der Waals surface area contributed by atoms with Crippen LogP contribution in [0.2, 0.25) is 0 Å². The molecule has 0 bridgehead atoms. The van der Waals surface area contributed by atoms with E-state index in [2.05, 4.69) is 151 Å². The second kappa shape index (κ2) is 9.67. The highest BCUT2D eigenvalue weighted by atomic mass is 16.3. The summed E-state index contributed by atoms with van der Waals surface area (Å²) in [7, 11) is 0. The van der Waals surface area contributed by atoms with Gasteiger partial charge < -0.3 is 9.32 Å². The standard InChI is InChI=1S/C42H30N2O/c1-42(2)37-14-8-6-12-33(37)36-25-32(22-23-38(36)42)44(30-19-16-28(17-20-30)27-10-4-3-5-11-27)31-21-18-29-26-43-41-40(35(29)24-31)34-13-7-9-15-39(34)45-41/h3-26H,1-2H3. The maximum Gasteiger partial charge on any atom is 0.227 e. The molecule has 0 unspecified atom stereocenters. The molecule has 6 aromatic carbocycles. The van der Waals surface area contributed by atoms with E-state index in [-0.39, 0.29) is 5.41 Å². The summed E-state index contributed by atoms with van der Waals surface area (Å²) in [6, 6.07) is 50.1. The number of para-hydroxylation sites is 1. The fourth-order valence-corrected chi connectivity index (χ4v) is 7.25. The minimum atomic E-state index is -0.0451. The van der Waals surface area contributed by atoms with Crippen molar-refractivity contribution in [3.05, 3.63) is 157 Å². The Balaban J connectivity index is 1.27. The number of hydrogen-bond donors (Lipinski definition) is 0. The number of pyridine rings is 1. The zero-order chi connectivity index (χ0) is 30.1. The number of rotatable bonds is 4. The molecule has 3 nitrogen and oxygen atoms in total. The SMILES string of the molecule is CC1(C)c2ccccc2-c2cc(N(c3ccc(-c4ccccc4)cc3)c3ccc4cnc5oc6ccccc6c5c4c3)ccc21. The Hall–Kier alpha value is -5.67. The maximum absolute atomic E-state index is 6.16. The third-order valence-corrected chi connectivity index (χ3v) is 9.52. The minimum Gasteiger partial charge on any atom is -0.438 e. The molecule has 0 spiro atoms. The first-order valence-corrected chi connectivity index (χ1v) is 15.5. The first-order chi connectivity index (χ1) is 22.1. The highest BCUT2D eigenvalue weighted by molar-refractivity contribution is 6.18. The van der Waals surface area contributed by atoms with Crippen molar-refractivity contribution in [3.8, 4) is 22.3 Å². The van der Waals surface area contributed by atoms with Gasteiger partial charge >= 0.3 is 0 Å². The fourth-order valence-electron chi connectivity index (χ4n) is 7.25. The lowest BCUT2D eigenvalue weighted by Gasteiger charge is -2.27. The highest BCUT2D eigenvalue weighted by Gasteiger charge is 2.35. The van der Waals surface area contributed by atoms with E-state index in [1.807, 2.05) is 18.3 Å². The average Bonchev–Trinajstić information content (AvgIpc) is 3.58. The maximum atomic E-state index is 6.16. The van der Waals surface area contributed by atoms with E-state index >= 15 is 0 Å². The summed E-state index contributed by atoms with van der Waals surface area (Å²) >= 11 is 0. The van der Waals surface area contributed by atoms with Gasteiger partial charge in [0.15, 0.2) is 0 Å². The van der Waals surface area contributed by atoms with Crippen molar-refractivity contribution in [2.75, 3.05) is 4.90 Å². The summed E-state index contributed by atoms with van der Waals surface area (Å²) in [5, 5.41) is 4.34. The minimum absolute atomic E-state index is 0.0451. The molecule has 0 N–H and O–H groups in total. The van der Waals surface area contributed by atoms with Crippen LogP contribution in [0, 0.1) is 0 Å². The largest absolute Gasteiger partial charge is 0.438 e. The highest BCUT2D eigenvalue weighted by Crippen LogP contribution is 2.50. The molecular formula is C42H30N2O. The van der Waals surface area contributed by atoms with E-state index < -0.39 is 0 Å². The topological polar surface area (TPSA) is 29.3 Å². The number of fused-ring (bicyclic) bond motifs is 8. The van der Waals surface area contributed by atoms with Crippen LogP contribution in [0.1, 0.15) is 25.0 Å². The van der Waals surface area contributed by atoms with Gasteiger partial charge in [0.2, 0.25) is 5.71 Å². The van der Waals surface area contributed by atoms with E-state index in [9.17, 15) is 0 Å². The molecule has 0 radical (unpaired) electrons. The lowest BCUT2D eigenvalue weighted by Crippen LogP contribution is -2.15. The molecule has 0 saturated carbocycles. The predicted molar refractivity (Wildman–Crippen MR) is 187 cm³/mol. The van der Waals surface area contributed by atoms with Crippen LogP contribution in [0.4, 0.5) is 17.1 Å². The average molecular weight is 579 g/mol. The predicted octanol–water partition coefficient (Wildman–Crippen LogP) is 11.6. The van der Waals surface area contributed by atoms with Crippen molar-refractivity contribution in [3.63, 3.8) is 0 Å². The van der Waals surface area contributed by atoms with Crippen molar-refractivity contribution >= 4 is 49.9 Å². The molecule has 0 saturated heterocycles. The van der Waals surface area contributed by atoms with Crippen molar-refractivity contribution in [1.29, 1.82) is 0 Å². The van der Waals surface area contributed by atoms with Crippen LogP contribution in [0.15, 0.2) is 150 Å². The molecule has 45 heavy (non-hydrogen) atoms. The molecule has 214 valence electrons. The van der Waals surface area contributed by atoms with Crippen molar-refractivity contribution in [2.45, 2.75) is 19.3 Å². The Labute approximate surface area is 262 Å². The van der Waals surface area contributed by atoms with E-state index in [4.69, 9.17) is 4.42 Å². The molecule has 0 aliphatic heterocycles. The molecule has 2 aromatic heterocycles. The second-order valence-corrected chi connectivity index (χ2v) is 12.5. The molecule has 2 heterocycles. The van der Waals surface area contributed by atoms with Crippen LogP contribution in [0.5, 0.6) is 0 Å². The van der Waals surface area contributed by atoms with Gasteiger partial charge in [0.25, 0.3) is 0 Å². The molecule has 8 aromatic rings. The van der Waals surface area contributed by atoms with Crippen LogP contribution in [-0.2, 0) is 5.41 Å². The fraction of sp³-hybridized carbons (Fsp3) is 0.0714. The van der Waals surface area contributed by atoms with Crippen molar-refractivity contribution in [1.82, 2.24) is 4.98 Å². The lowest BCUT2D eigenvalue weighted by atomic mass is 9.82. The monoisotopic (exact) mass is 578 g/mol. The Bertz CT molecular complexity index is 2400. The molecule has 1 aliphatic rings. The van der Waals surface area contributed by atoms with Gasteiger partial charge in [-0.1, -0.05) is 111 Å². The summed E-state index contributed by atoms with van der Waals surface area (Å²) in [5.74, 6) is 0. The quantitative estimate of drug-likeness (QED) is 0.208. The molecule has 0 amide bonds. The lowest BCUT2D eigenvalue weighted by molar-refractivity contribution is 0.654.